The van der Waals surface area contributed by atoms with Gasteiger partial charge in [-0.2, -0.15) is 0 Å². The van der Waals surface area contributed by atoms with Gasteiger partial charge in [0, 0.05) is 17.9 Å². The molecule has 1 aliphatic carbocycles. The van der Waals surface area contributed by atoms with Crippen molar-refractivity contribution < 1.29 is 9.47 Å². The molecule has 1 aromatic carbocycles. The van der Waals surface area contributed by atoms with Gasteiger partial charge in [-0.15, -0.1) is 0 Å². The zero-order valence-corrected chi connectivity index (χ0v) is 14.7. The summed E-state index contributed by atoms with van der Waals surface area (Å²) in [5.74, 6) is 0.979. The van der Waals surface area contributed by atoms with E-state index >= 15 is 0 Å². The van der Waals surface area contributed by atoms with Crippen LogP contribution < -0.4 is 4.74 Å². The van der Waals surface area contributed by atoms with Crippen LogP contribution in [-0.4, -0.2) is 23.6 Å². The molecule has 0 bridgehead atoms. The Labute approximate surface area is 131 Å². The van der Waals surface area contributed by atoms with E-state index in [0.717, 1.165) is 18.8 Å². The molecule has 2 nitrogen and oxygen atoms in total. The first-order valence-electron chi connectivity index (χ1n) is 7.36. The highest BCUT2D eigenvalue weighted by atomic mass is 79.9. The van der Waals surface area contributed by atoms with E-state index in [0.29, 0.717) is 4.83 Å². The van der Waals surface area contributed by atoms with E-state index in [1.807, 2.05) is 6.92 Å². The number of hydrogen-bond acceptors (Lipinski definition) is 2. The van der Waals surface area contributed by atoms with Crippen LogP contribution in [0.3, 0.4) is 0 Å². The largest absolute Gasteiger partial charge is 0.487 e. The Balaban J connectivity index is 2.07. The Morgan fingerprint density at radius 1 is 1.30 bits per heavy atom. The molecule has 1 fully saturated rings. The van der Waals surface area contributed by atoms with Crippen molar-refractivity contribution in [3.05, 3.63) is 29.3 Å². The summed E-state index contributed by atoms with van der Waals surface area (Å²) in [6, 6.07) is 6.50. The van der Waals surface area contributed by atoms with Crippen molar-refractivity contribution in [2.75, 3.05) is 6.61 Å². The van der Waals surface area contributed by atoms with Crippen LogP contribution in [-0.2, 0) is 10.2 Å². The number of aryl methyl sites for hydroxylation is 1. The molecule has 112 valence electrons. The van der Waals surface area contributed by atoms with Crippen molar-refractivity contribution in [1.29, 1.82) is 0 Å². The summed E-state index contributed by atoms with van der Waals surface area (Å²) in [6.07, 6.45) is 1.34. The van der Waals surface area contributed by atoms with Crippen LogP contribution in [0.15, 0.2) is 18.2 Å². The highest BCUT2D eigenvalue weighted by Crippen LogP contribution is 2.36. The lowest BCUT2D eigenvalue weighted by Crippen LogP contribution is -2.52. The Morgan fingerprint density at radius 2 is 2.00 bits per heavy atom. The van der Waals surface area contributed by atoms with Crippen molar-refractivity contribution in [2.45, 2.75) is 63.5 Å². The van der Waals surface area contributed by atoms with Gasteiger partial charge in [-0.05, 0) is 36.5 Å². The molecule has 0 amide bonds. The number of halogens is 1. The van der Waals surface area contributed by atoms with Crippen LogP contribution in [0.1, 0.15) is 45.2 Å². The average molecular weight is 341 g/mol. The zero-order valence-electron chi connectivity index (χ0n) is 13.1. The number of ether oxygens (including phenoxy) is 2. The molecule has 2 rings (SSSR count). The molecule has 0 aromatic heterocycles. The Morgan fingerprint density at radius 3 is 2.50 bits per heavy atom. The van der Waals surface area contributed by atoms with Crippen molar-refractivity contribution in [3.8, 4) is 5.75 Å². The normalized spacial score (nSPS) is 26.2. The molecule has 0 spiro atoms. The van der Waals surface area contributed by atoms with Crippen LogP contribution >= 0.6 is 15.9 Å². The van der Waals surface area contributed by atoms with Crippen LogP contribution in [0, 0.1) is 6.92 Å². The summed E-state index contributed by atoms with van der Waals surface area (Å²) in [4.78, 5) is 0.418. The summed E-state index contributed by atoms with van der Waals surface area (Å²) < 4.78 is 11.9. The van der Waals surface area contributed by atoms with E-state index in [1.165, 1.54) is 11.1 Å². The quantitative estimate of drug-likeness (QED) is 0.745. The minimum atomic E-state index is 0.165. The first kappa shape index (κ1) is 15.8. The fraction of sp³-hybridized carbons (Fsp3) is 0.647. The van der Waals surface area contributed by atoms with Crippen LogP contribution in [0.2, 0.25) is 0 Å². The first-order valence-corrected chi connectivity index (χ1v) is 8.28. The summed E-state index contributed by atoms with van der Waals surface area (Å²) in [6.45, 7) is 11.6. The predicted octanol–water partition coefficient (Wildman–Crippen LogP) is 4.61. The third-order valence-corrected chi connectivity index (χ3v) is 4.75. The minimum Gasteiger partial charge on any atom is -0.487 e. The third-order valence-electron chi connectivity index (χ3n) is 3.86. The maximum atomic E-state index is 6.13. The van der Waals surface area contributed by atoms with Crippen molar-refractivity contribution >= 4 is 15.9 Å². The van der Waals surface area contributed by atoms with Gasteiger partial charge in [0.25, 0.3) is 0 Å². The minimum absolute atomic E-state index is 0.165. The second kappa shape index (κ2) is 6.07. The van der Waals surface area contributed by atoms with Gasteiger partial charge in [-0.25, -0.2) is 0 Å². The second-order valence-corrected chi connectivity index (χ2v) is 7.73. The van der Waals surface area contributed by atoms with Gasteiger partial charge in [0.2, 0.25) is 0 Å². The molecule has 3 atom stereocenters. The summed E-state index contributed by atoms with van der Waals surface area (Å²) >= 11 is 3.63. The Kier molecular flexibility index (Phi) is 4.80. The molecule has 3 heteroatoms. The maximum absolute atomic E-state index is 6.13. The molecule has 0 aliphatic heterocycles. The number of hydrogen-bond donors (Lipinski definition) is 0. The lowest BCUT2D eigenvalue weighted by Gasteiger charge is -2.41. The van der Waals surface area contributed by atoms with Gasteiger partial charge >= 0.3 is 0 Å². The highest BCUT2D eigenvalue weighted by Gasteiger charge is 2.42. The van der Waals surface area contributed by atoms with E-state index < -0.39 is 0 Å². The van der Waals surface area contributed by atoms with E-state index in [-0.39, 0.29) is 17.6 Å². The van der Waals surface area contributed by atoms with Gasteiger partial charge in [-0.1, -0.05) is 48.8 Å². The van der Waals surface area contributed by atoms with Crippen molar-refractivity contribution in [2.24, 2.45) is 0 Å². The molecular formula is C17H25BrO2. The molecule has 0 N–H and O–H groups in total. The standard InChI is InChI=1S/C17H25BrO2/c1-6-19-16-13(18)10-15(16)20-14-8-7-12(9-11(14)2)17(3,4)5/h7-9,13,15-16H,6,10H2,1-5H3. The predicted molar refractivity (Wildman–Crippen MR) is 87.0 cm³/mol. The molecule has 1 aromatic rings. The van der Waals surface area contributed by atoms with Crippen molar-refractivity contribution in [1.82, 2.24) is 0 Å². The van der Waals surface area contributed by atoms with Gasteiger partial charge in [-0.3, -0.25) is 0 Å². The summed E-state index contributed by atoms with van der Waals surface area (Å²) in [5, 5.41) is 0. The van der Waals surface area contributed by atoms with Crippen LogP contribution in [0.5, 0.6) is 5.75 Å². The fourth-order valence-electron chi connectivity index (χ4n) is 2.46. The van der Waals surface area contributed by atoms with Gasteiger partial charge in [0.1, 0.15) is 18.0 Å². The lowest BCUT2D eigenvalue weighted by molar-refractivity contribution is -0.0725. The monoisotopic (exact) mass is 340 g/mol. The highest BCUT2D eigenvalue weighted by molar-refractivity contribution is 9.09. The Bertz CT molecular complexity index is 465. The SMILES string of the molecule is CCOC1C(Br)CC1Oc1ccc(C(C)(C)C)cc1C. The Hall–Kier alpha value is -0.540. The number of alkyl halides is 1. The van der Waals surface area contributed by atoms with E-state index in [4.69, 9.17) is 9.47 Å². The summed E-state index contributed by atoms with van der Waals surface area (Å²) in [7, 11) is 0. The third kappa shape index (κ3) is 3.37. The zero-order chi connectivity index (χ0) is 14.9. The van der Waals surface area contributed by atoms with Crippen molar-refractivity contribution in [3.63, 3.8) is 0 Å². The van der Waals surface area contributed by atoms with Crippen LogP contribution in [0.4, 0.5) is 0 Å². The molecule has 20 heavy (non-hydrogen) atoms. The molecule has 0 radical (unpaired) electrons. The molecule has 3 unspecified atom stereocenters. The van der Waals surface area contributed by atoms with Gasteiger partial charge < -0.3 is 9.47 Å². The second-order valence-electron chi connectivity index (χ2n) is 6.56. The van der Waals surface area contributed by atoms with E-state index in [1.54, 1.807) is 0 Å². The number of rotatable bonds is 4. The number of benzene rings is 1. The lowest BCUT2D eigenvalue weighted by atomic mass is 9.86. The molecule has 0 heterocycles. The van der Waals surface area contributed by atoms with Gasteiger partial charge in [0.15, 0.2) is 0 Å². The molecule has 1 aliphatic rings. The molecular weight excluding hydrogens is 316 g/mol. The topological polar surface area (TPSA) is 18.5 Å². The summed E-state index contributed by atoms with van der Waals surface area (Å²) in [5.41, 5.74) is 2.72. The molecule has 1 saturated carbocycles. The molecule has 0 saturated heterocycles. The first-order chi connectivity index (χ1) is 9.32. The van der Waals surface area contributed by atoms with Gasteiger partial charge in [0.05, 0.1) is 0 Å². The fourth-order valence-corrected chi connectivity index (χ4v) is 3.32. The van der Waals surface area contributed by atoms with E-state index in [2.05, 4.69) is 61.8 Å². The smallest absolute Gasteiger partial charge is 0.127 e. The van der Waals surface area contributed by atoms with Crippen LogP contribution in [0.25, 0.3) is 0 Å². The average Bonchev–Trinajstić information content (AvgIpc) is 2.36. The van der Waals surface area contributed by atoms with E-state index in [9.17, 15) is 0 Å². The maximum Gasteiger partial charge on any atom is 0.127 e.